The first kappa shape index (κ1) is 36.3. The van der Waals surface area contributed by atoms with Gasteiger partial charge in [-0.25, -0.2) is 0 Å². The second-order valence-corrected chi connectivity index (χ2v) is 15.3. The van der Waals surface area contributed by atoms with E-state index >= 15 is 0 Å². The average Bonchev–Trinajstić information content (AvgIpc) is 3.67. The van der Waals surface area contributed by atoms with E-state index in [2.05, 4.69) is 154 Å². The zero-order valence-corrected chi connectivity index (χ0v) is 33.4. The number of hydrogen-bond acceptors (Lipinski definition) is 5. The fourth-order valence-corrected chi connectivity index (χ4v) is 8.69. The minimum atomic E-state index is 0.569. The van der Waals surface area contributed by atoms with Crippen LogP contribution in [0.2, 0.25) is 0 Å². The number of ether oxygens (including phenoxy) is 1. The number of benzene rings is 9. The fourth-order valence-electron chi connectivity index (χ4n) is 8.69. The average molecular weight is 794 g/mol. The van der Waals surface area contributed by atoms with Gasteiger partial charge in [-0.15, -0.1) is 0 Å². The Morgan fingerprint density at radius 3 is 1.32 bits per heavy atom. The number of nitrogens with zero attached hydrogens (tertiary/aromatic N) is 5. The normalized spacial score (nSPS) is 11.6. The molecule has 1 aliphatic rings. The van der Waals surface area contributed by atoms with Crippen LogP contribution < -0.4 is 14.5 Å². The Morgan fingerprint density at radius 1 is 0.387 bits per heavy atom. The molecule has 0 aliphatic carbocycles. The molecule has 0 fully saturated rings. The van der Waals surface area contributed by atoms with E-state index in [1.807, 2.05) is 84.9 Å². The molecule has 0 amide bonds. The van der Waals surface area contributed by atoms with Crippen LogP contribution in [-0.2, 0) is 0 Å². The molecule has 62 heavy (non-hydrogen) atoms. The van der Waals surface area contributed by atoms with E-state index in [1.165, 1.54) is 0 Å². The molecule has 0 N–H and O–H groups in total. The van der Waals surface area contributed by atoms with Gasteiger partial charge in [0.2, 0.25) is 0 Å². The van der Waals surface area contributed by atoms with Crippen LogP contribution in [0.15, 0.2) is 212 Å². The number of fused-ring (bicyclic) bond motifs is 5. The molecule has 0 saturated heterocycles. The van der Waals surface area contributed by atoms with Gasteiger partial charge in [0.15, 0.2) is 11.5 Å². The molecular formula is C56H35N5O. The van der Waals surface area contributed by atoms with Crippen LogP contribution in [0, 0.1) is 22.7 Å². The second-order valence-electron chi connectivity index (χ2n) is 15.3. The number of hydrogen-bond donors (Lipinski definition) is 0. The van der Waals surface area contributed by atoms with E-state index in [0.29, 0.717) is 11.1 Å². The van der Waals surface area contributed by atoms with Crippen LogP contribution in [0.3, 0.4) is 0 Å². The molecule has 9 aromatic carbocycles. The molecule has 290 valence electrons. The summed E-state index contributed by atoms with van der Waals surface area (Å²) in [5.74, 6) is 1.51. The van der Waals surface area contributed by atoms with Crippen LogP contribution >= 0.6 is 0 Å². The van der Waals surface area contributed by atoms with Crippen LogP contribution in [0.1, 0.15) is 11.1 Å². The summed E-state index contributed by atoms with van der Waals surface area (Å²) in [6, 6.07) is 77.3. The van der Waals surface area contributed by atoms with Crippen molar-refractivity contribution in [3.63, 3.8) is 0 Å². The Kier molecular flexibility index (Phi) is 8.82. The molecular weight excluding hydrogens is 759 g/mol. The van der Waals surface area contributed by atoms with E-state index in [-0.39, 0.29) is 0 Å². The summed E-state index contributed by atoms with van der Waals surface area (Å²) < 4.78 is 8.86. The summed E-state index contributed by atoms with van der Waals surface area (Å²) in [7, 11) is 0. The molecule has 1 aliphatic heterocycles. The van der Waals surface area contributed by atoms with Gasteiger partial charge in [-0.2, -0.15) is 10.5 Å². The maximum atomic E-state index is 9.77. The lowest BCUT2D eigenvalue weighted by Crippen LogP contribution is -2.17. The van der Waals surface area contributed by atoms with E-state index in [0.717, 1.165) is 95.4 Å². The molecule has 10 aromatic rings. The number of nitriles is 2. The SMILES string of the molecule is N#Cc1ccc(N(c2ccc(C#N)cc2)c2cc(N3c4ccccc4Oc4ccccc43)cc(-n3c4ccc(-c5ccccc5)cc4c4cc(-c5ccccc5)ccc43)c2)cc1. The number of para-hydroxylation sites is 4. The van der Waals surface area contributed by atoms with Crippen molar-refractivity contribution in [2.75, 3.05) is 9.80 Å². The summed E-state index contributed by atoms with van der Waals surface area (Å²) in [6.07, 6.45) is 0. The summed E-state index contributed by atoms with van der Waals surface area (Å²) in [5, 5.41) is 21.8. The molecule has 1 aromatic heterocycles. The van der Waals surface area contributed by atoms with Gasteiger partial charge in [0.05, 0.1) is 62.7 Å². The van der Waals surface area contributed by atoms with Crippen molar-refractivity contribution in [3.05, 3.63) is 223 Å². The van der Waals surface area contributed by atoms with Crippen molar-refractivity contribution in [2.45, 2.75) is 0 Å². The summed E-state index contributed by atoms with van der Waals surface area (Å²) in [4.78, 5) is 4.45. The summed E-state index contributed by atoms with van der Waals surface area (Å²) in [6.45, 7) is 0. The van der Waals surface area contributed by atoms with Crippen molar-refractivity contribution < 1.29 is 4.74 Å². The zero-order chi connectivity index (χ0) is 41.6. The minimum absolute atomic E-state index is 0.569. The van der Waals surface area contributed by atoms with E-state index in [1.54, 1.807) is 0 Å². The monoisotopic (exact) mass is 793 g/mol. The zero-order valence-electron chi connectivity index (χ0n) is 33.4. The van der Waals surface area contributed by atoms with E-state index < -0.39 is 0 Å². The lowest BCUT2D eigenvalue weighted by Gasteiger charge is -2.34. The predicted molar refractivity (Wildman–Crippen MR) is 251 cm³/mol. The topological polar surface area (TPSA) is 68.2 Å². The molecule has 6 heteroatoms. The van der Waals surface area contributed by atoms with Gasteiger partial charge in [-0.1, -0.05) is 97.1 Å². The number of rotatable bonds is 7. The highest BCUT2D eigenvalue weighted by Gasteiger charge is 2.28. The third-order valence-electron chi connectivity index (χ3n) is 11.6. The number of anilines is 6. The van der Waals surface area contributed by atoms with Gasteiger partial charge >= 0.3 is 0 Å². The molecule has 0 radical (unpaired) electrons. The van der Waals surface area contributed by atoms with Gasteiger partial charge in [0.25, 0.3) is 0 Å². The minimum Gasteiger partial charge on any atom is -0.453 e. The first-order valence-corrected chi connectivity index (χ1v) is 20.4. The van der Waals surface area contributed by atoms with Gasteiger partial charge in [-0.3, -0.25) is 0 Å². The van der Waals surface area contributed by atoms with Gasteiger partial charge in [0, 0.05) is 22.1 Å². The molecule has 0 bridgehead atoms. The predicted octanol–water partition coefficient (Wildman–Crippen LogP) is 14.9. The Hall–Kier alpha value is -8.84. The smallest absolute Gasteiger partial charge is 0.151 e. The van der Waals surface area contributed by atoms with Crippen LogP contribution in [0.4, 0.5) is 34.1 Å². The first-order valence-electron chi connectivity index (χ1n) is 20.4. The van der Waals surface area contributed by atoms with Crippen LogP contribution in [0.5, 0.6) is 11.5 Å². The van der Waals surface area contributed by atoms with Gasteiger partial charge in [-0.05, 0) is 138 Å². The van der Waals surface area contributed by atoms with Crippen LogP contribution in [-0.4, -0.2) is 4.57 Å². The van der Waals surface area contributed by atoms with Crippen LogP contribution in [0.25, 0.3) is 49.7 Å². The summed E-state index contributed by atoms with van der Waals surface area (Å²) >= 11 is 0. The number of aromatic nitrogens is 1. The fraction of sp³-hybridized carbons (Fsp3) is 0. The Bertz CT molecular complexity index is 3200. The molecule has 0 spiro atoms. The molecule has 0 atom stereocenters. The molecule has 2 heterocycles. The highest BCUT2D eigenvalue weighted by Crippen LogP contribution is 2.52. The third-order valence-corrected chi connectivity index (χ3v) is 11.6. The van der Waals surface area contributed by atoms with E-state index in [9.17, 15) is 10.5 Å². The van der Waals surface area contributed by atoms with Gasteiger partial charge < -0.3 is 19.1 Å². The highest BCUT2D eigenvalue weighted by molar-refractivity contribution is 6.12. The molecule has 11 rings (SSSR count). The highest BCUT2D eigenvalue weighted by atomic mass is 16.5. The Labute approximate surface area is 359 Å². The first-order chi connectivity index (χ1) is 30.6. The maximum absolute atomic E-state index is 9.77. The quantitative estimate of drug-likeness (QED) is 0.161. The third kappa shape index (κ3) is 6.28. The van der Waals surface area contributed by atoms with Gasteiger partial charge in [0.1, 0.15) is 0 Å². The standard InChI is InChI=1S/C56H35N5O/c57-36-38-19-25-44(26-20-38)59(45-27-21-39(37-58)22-28-45)46-33-47(35-48(34-46)61-53-15-7-9-17-55(53)62-56-18-10-8-16-54(56)61)60-51-29-23-42(40-11-3-1-4-12-40)31-49(51)50-32-43(24-30-52(50)60)41-13-5-2-6-14-41/h1-35H. The second kappa shape index (κ2) is 15.1. The van der Waals surface area contributed by atoms with Crippen molar-refractivity contribution >= 4 is 55.9 Å². The van der Waals surface area contributed by atoms with Crippen molar-refractivity contribution in [3.8, 4) is 51.6 Å². The molecule has 0 saturated carbocycles. The van der Waals surface area contributed by atoms with Crippen molar-refractivity contribution in [1.82, 2.24) is 4.57 Å². The largest absolute Gasteiger partial charge is 0.453 e. The summed E-state index contributed by atoms with van der Waals surface area (Å²) in [5.41, 5.74) is 14.2. The Balaban J connectivity index is 1.22. The Morgan fingerprint density at radius 2 is 0.839 bits per heavy atom. The lowest BCUT2D eigenvalue weighted by atomic mass is 10.0. The van der Waals surface area contributed by atoms with Crippen molar-refractivity contribution in [1.29, 1.82) is 10.5 Å². The maximum Gasteiger partial charge on any atom is 0.151 e. The van der Waals surface area contributed by atoms with E-state index in [4.69, 9.17) is 4.74 Å². The van der Waals surface area contributed by atoms with Crippen molar-refractivity contribution in [2.24, 2.45) is 0 Å². The molecule has 0 unspecified atom stereocenters. The lowest BCUT2D eigenvalue weighted by molar-refractivity contribution is 0.477. The molecule has 6 nitrogen and oxygen atoms in total.